The Morgan fingerprint density at radius 3 is 2.81 bits per heavy atom. The van der Waals surface area contributed by atoms with Gasteiger partial charge >= 0.3 is 0 Å². The molecule has 0 aromatic heterocycles. The lowest BCUT2D eigenvalue weighted by atomic mass is 10.1. The van der Waals surface area contributed by atoms with Crippen LogP contribution in [-0.4, -0.2) is 29.0 Å². The van der Waals surface area contributed by atoms with Crippen molar-refractivity contribution in [3.05, 3.63) is 29.8 Å². The summed E-state index contributed by atoms with van der Waals surface area (Å²) in [5.41, 5.74) is 6.55. The van der Waals surface area contributed by atoms with Crippen molar-refractivity contribution >= 4 is 5.91 Å². The number of hydrogen-bond donors (Lipinski definition) is 2. The van der Waals surface area contributed by atoms with Gasteiger partial charge in [-0.3, -0.25) is 4.79 Å². The third kappa shape index (κ3) is 3.24. The molecule has 0 bridgehead atoms. The third-order valence-corrected chi connectivity index (χ3v) is 2.46. The van der Waals surface area contributed by atoms with E-state index in [2.05, 4.69) is 0 Å². The van der Waals surface area contributed by atoms with Gasteiger partial charge in [-0.15, -0.1) is 0 Å². The van der Waals surface area contributed by atoms with E-state index in [0.717, 1.165) is 5.56 Å². The van der Waals surface area contributed by atoms with Gasteiger partial charge in [0, 0.05) is 13.6 Å². The zero-order valence-electron chi connectivity index (χ0n) is 9.68. The molecular formula is C12H18N2O2. The molecule has 0 saturated heterocycles. The highest BCUT2D eigenvalue weighted by Crippen LogP contribution is 2.12. The summed E-state index contributed by atoms with van der Waals surface area (Å²) in [6, 6.07) is 6.41. The molecule has 1 aromatic carbocycles. The highest BCUT2D eigenvalue weighted by molar-refractivity contribution is 5.81. The molecule has 1 aromatic rings. The molecule has 0 fully saturated rings. The lowest BCUT2D eigenvalue weighted by Crippen LogP contribution is -2.40. The molecule has 0 saturated carbocycles. The van der Waals surface area contributed by atoms with Crippen molar-refractivity contribution in [2.75, 3.05) is 7.05 Å². The van der Waals surface area contributed by atoms with Crippen LogP contribution in [0, 0.1) is 0 Å². The van der Waals surface area contributed by atoms with Crippen LogP contribution in [0.2, 0.25) is 0 Å². The van der Waals surface area contributed by atoms with Gasteiger partial charge in [0.15, 0.2) is 0 Å². The smallest absolute Gasteiger partial charge is 0.239 e. The molecule has 0 spiro atoms. The Hall–Kier alpha value is -1.55. The van der Waals surface area contributed by atoms with Crippen molar-refractivity contribution in [1.29, 1.82) is 0 Å². The van der Waals surface area contributed by atoms with Gasteiger partial charge in [-0.25, -0.2) is 0 Å². The molecule has 1 amide bonds. The number of benzene rings is 1. The molecule has 0 aliphatic carbocycles. The molecule has 0 radical (unpaired) electrons. The predicted octanol–water partition coefficient (Wildman–Crippen LogP) is 1.09. The first kappa shape index (κ1) is 12.5. The summed E-state index contributed by atoms with van der Waals surface area (Å²) in [6.07, 6.45) is 0.628. The van der Waals surface area contributed by atoms with Crippen LogP contribution in [0.5, 0.6) is 5.75 Å². The van der Waals surface area contributed by atoms with E-state index in [1.54, 1.807) is 30.1 Å². The molecular weight excluding hydrogens is 204 g/mol. The largest absolute Gasteiger partial charge is 0.508 e. The average molecular weight is 222 g/mol. The number of likely N-dealkylation sites (N-methyl/N-ethyl adjacent to an activating group) is 1. The van der Waals surface area contributed by atoms with E-state index in [9.17, 15) is 9.90 Å². The first-order chi connectivity index (χ1) is 7.54. The number of carbonyl (C=O) groups is 1. The Labute approximate surface area is 95.7 Å². The number of hydrogen-bond acceptors (Lipinski definition) is 3. The van der Waals surface area contributed by atoms with Gasteiger partial charge in [0.05, 0.1) is 6.04 Å². The number of nitrogens with zero attached hydrogens (tertiary/aromatic N) is 1. The first-order valence-electron chi connectivity index (χ1n) is 5.33. The van der Waals surface area contributed by atoms with Gasteiger partial charge in [-0.05, 0) is 24.1 Å². The van der Waals surface area contributed by atoms with Gasteiger partial charge in [0.25, 0.3) is 0 Å². The summed E-state index contributed by atoms with van der Waals surface area (Å²) < 4.78 is 0. The maximum atomic E-state index is 11.7. The molecule has 1 rings (SSSR count). The predicted molar refractivity (Wildman–Crippen MR) is 62.8 cm³/mol. The molecule has 4 nitrogen and oxygen atoms in total. The van der Waals surface area contributed by atoms with E-state index < -0.39 is 6.04 Å². The van der Waals surface area contributed by atoms with Crippen molar-refractivity contribution in [2.45, 2.75) is 25.9 Å². The molecule has 0 aliphatic heterocycles. The fourth-order valence-corrected chi connectivity index (χ4v) is 1.46. The van der Waals surface area contributed by atoms with Crippen LogP contribution in [0.3, 0.4) is 0 Å². The highest BCUT2D eigenvalue weighted by Gasteiger charge is 2.15. The van der Waals surface area contributed by atoms with Crippen LogP contribution in [0.1, 0.15) is 18.9 Å². The second kappa shape index (κ2) is 5.51. The third-order valence-electron chi connectivity index (χ3n) is 2.46. The fourth-order valence-electron chi connectivity index (χ4n) is 1.46. The number of carbonyl (C=O) groups excluding carboxylic acids is 1. The number of phenols is 1. The summed E-state index contributed by atoms with van der Waals surface area (Å²) >= 11 is 0. The Morgan fingerprint density at radius 1 is 1.56 bits per heavy atom. The van der Waals surface area contributed by atoms with E-state index >= 15 is 0 Å². The molecule has 16 heavy (non-hydrogen) atoms. The second-order valence-corrected chi connectivity index (χ2v) is 3.88. The van der Waals surface area contributed by atoms with Gasteiger partial charge < -0.3 is 15.7 Å². The van der Waals surface area contributed by atoms with E-state index in [1.165, 1.54) is 0 Å². The topological polar surface area (TPSA) is 66.6 Å². The number of phenolic OH excluding ortho intramolecular Hbond substituents is 1. The molecule has 0 unspecified atom stereocenters. The van der Waals surface area contributed by atoms with Crippen LogP contribution in [-0.2, 0) is 11.3 Å². The maximum absolute atomic E-state index is 11.7. The van der Waals surface area contributed by atoms with Crippen LogP contribution in [0.25, 0.3) is 0 Å². The number of nitrogens with two attached hydrogens (primary N) is 1. The van der Waals surface area contributed by atoms with Crippen LogP contribution in [0.4, 0.5) is 0 Å². The summed E-state index contributed by atoms with van der Waals surface area (Å²) in [5, 5.41) is 9.29. The molecule has 0 aliphatic rings. The van der Waals surface area contributed by atoms with E-state index in [0.29, 0.717) is 13.0 Å². The van der Waals surface area contributed by atoms with Crippen molar-refractivity contribution in [1.82, 2.24) is 4.90 Å². The van der Waals surface area contributed by atoms with Gasteiger partial charge in [-0.2, -0.15) is 0 Å². The monoisotopic (exact) mass is 222 g/mol. The van der Waals surface area contributed by atoms with Gasteiger partial charge in [0.2, 0.25) is 5.91 Å². The number of amides is 1. The van der Waals surface area contributed by atoms with Gasteiger partial charge in [0.1, 0.15) is 5.75 Å². The molecule has 1 atom stereocenters. The summed E-state index contributed by atoms with van der Waals surface area (Å²) in [5.74, 6) is 0.129. The van der Waals surface area contributed by atoms with Crippen molar-refractivity contribution in [3.63, 3.8) is 0 Å². The Balaban J connectivity index is 2.64. The Kier molecular flexibility index (Phi) is 4.31. The average Bonchev–Trinajstić information content (AvgIpc) is 2.27. The Bertz CT molecular complexity index is 366. The maximum Gasteiger partial charge on any atom is 0.239 e. The van der Waals surface area contributed by atoms with Crippen molar-refractivity contribution in [3.8, 4) is 5.75 Å². The SMILES string of the molecule is CC[C@H](N)C(=O)N(C)Cc1cccc(O)c1. The van der Waals surface area contributed by atoms with Crippen molar-refractivity contribution < 1.29 is 9.90 Å². The number of aromatic hydroxyl groups is 1. The lowest BCUT2D eigenvalue weighted by molar-refractivity contribution is -0.131. The van der Waals surface area contributed by atoms with Crippen molar-refractivity contribution in [2.24, 2.45) is 5.73 Å². The van der Waals surface area contributed by atoms with Crippen LogP contribution < -0.4 is 5.73 Å². The first-order valence-corrected chi connectivity index (χ1v) is 5.33. The highest BCUT2D eigenvalue weighted by atomic mass is 16.3. The zero-order chi connectivity index (χ0) is 12.1. The van der Waals surface area contributed by atoms with E-state index in [1.807, 2.05) is 13.0 Å². The molecule has 3 N–H and O–H groups in total. The van der Waals surface area contributed by atoms with E-state index in [-0.39, 0.29) is 11.7 Å². The quantitative estimate of drug-likeness (QED) is 0.801. The molecule has 0 heterocycles. The fraction of sp³-hybridized carbons (Fsp3) is 0.417. The lowest BCUT2D eigenvalue weighted by Gasteiger charge is -2.20. The molecule has 4 heteroatoms. The number of rotatable bonds is 4. The van der Waals surface area contributed by atoms with E-state index in [4.69, 9.17) is 5.73 Å². The van der Waals surface area contributed by atoms with Crippen LogP contribution >= 0.6 is 0 Å². The Morgan fingerprint density at radius 2 is 2.25 bits per heavy atom. The normalized spacial score (nSPS) is 12.2. The summed E-state index contributed by atoms with van der Waals surface area (Å²) in [6.45, 7) is 2.34. The summed E-state index contributed by atoms with van der Waals surface area (Å²) in [7, 11) is 1.71. The minimum atomic E-state index is -0.442. The standard InChI is InChI=1S/C12H18N2O2/c1-3-11(13)12(16)14(2)8-9-5-4-6-10(15)7-9/h4-7,11,15H,3,8,13H2,1-2H3/t11-/m0/s1. The van der Waals surface area contributed by atoms with Gasteiger partial charge in [-0.1, -0.05) is 19.1 Å². The minimum Gasteiger partial charge on any atom is -0.508 e. The zero-order valence-corrected chi connectivity index (χ0v) is 9.68. The minimum absolute atomic E-state index is 0.0779. The second-order valence-electron chi connectivity index (χ2n) is 3.88. The van der Waals surface area contributed by atoms with Crippen LogP contribution in [0.15, 0.2) is 24.3 Å². The summed E-state index contributed by atoms with van der Waals surface area (Å²) in [4.78, 5) is 13.3. The molecule has 88 valence electrons.